The molecule has 0 N–H and O–H groups in total. The van der Waals surface area contributed by atoms with Gasteiger partial charge >= 0.3 is 0 Å². The number of aromatic nitrogens is 4. The summed E-state index contributed by atoms with van der Waals surface area (Å²) in [6.45, 7) is 9.77. The Hall–Kier alpha value is -2.22. The molecule has 8 heteroatoms. The maximum absolute atomic E-state index is 13.7. The largest absolute Gasteiger partial charge is 0.338 e. The molecule has 2 aromatic heterocycles. The van der Waals surface area contributed by atoms with Gasteiger partial charge in [-0.1, -0.05) is 43.2 Å². The molecule has 0 radical (unpaired) electrons. The number of thioether (sulfide) groups is 1. The Bertz CT molecular complexity index is 901. The Morgan fingerprint density at radius 1 is 1.15 bits per heavy atom. The van der Waals surface area contributed by atoms with Gasteiger partial charge in [0.15, 0.2) is 5.82 Å². The number of halogens is 1. The molecule has 1 atom stereocenters. The SMILES string of the molecule is Cc1ccc(-c2noc([C@H](C)SCc3nc(C(C)(C)C)no3)n2)cc1F. The minimum absolute atomic E-state index is 0.0588. The third kappa shape index (κ3) is 4.12. The van der Waals surface area contributed by atoms with E-state index < -0.39 is 0 Å². The molecular formula is C18H21FN4O2S. The highest BCUT2D eigenvalue weighted by molar-refractivity contribution is 7.98. The number of hydrogen-bond acceptors (Lipinski definition) is 7. The van der Waals surface area contributed by atoms with E-state index >= 15 is 0 Å². The normalized spacial score (nSPS) is 13.2. The van der Waals surface area contributed by atoms with E-state index in [4.69, 9.17) is 9.05 Å². The first-order chi connectivity index (χ1) is 12.2. The van der Waals surface area contributed by atoms with Gasteiger partial charge in [0.05, 0.1) is 11.0 Å². The van der Waals surface area contributed by atoms with Crippen LogP contribution in [-0.2, 0) is 11.2 Å². The van der Waals surface area contributed by atoms with E-state index in [1.165, 1.54) is 6.07 Å². The first-order valence-corrected chi connectivity index (χ1v) is 9.33. The lowest BCUT2D eigenvalue weighted by atomic mass is 9.96. The van der Waals surface area contributed by atoms with E-state index in [0.717, 1.165) is 0 Å². The fourth-order valence-electron chi connectivity index (χ4n) is 2.14. The maximum Gasteiger partial charge on any atom is 0.239 e. The molecule has 3 rings (SSSR count). The highest BCUT2D eigenvalue weighted by atomic mass is 32.2. The predicted molar refractivity (Wildman–Crippen MR) is 97.1 cm³/mol. The third-order valence-corrected chi connectivity index (χ3v) is 4.93. The molecule has 0 fully saturated rings. The maximum atomic E-state index is 13.7. The lowest BCUT2D eigenvalue weighted by Gasteiger charge is -2.10. The van der Waals surface area contributed by atoms with Gasteiger partial charge in [0, 0.05) is 11.0 Å². The molecule has 0 aliphatic carbocycles. The summed E-state index contributed by atoms with van der Waals surface area (Å²) in [6, 6.07) is 4.88. The molecular weight excluding hydrogens is 355 g/mol. The van der Waals surface area contributed by atoms with Crippen LogP contribution in [0.5, 0.6) is 0 Å². The molecule has 0 aliphatic heterocycles. The first-order valence-electron chi connectivity index (χ1n) is 8.29. The van der Waals surface area contributed by atoms with Crippen molar-refractivity contribution in [2.45, 2.75) is 51.0 Å². The molecule has 26 heavy (non-hydrogen) atoms. The zero-order chi connectivity index (χ0) is 18.9. The molecule has 6 nitrogen and oxygen atoms in total. The average molecular weight is 376 g/mol. The monoisotopic (exact) mass is 376 g/mol. The molecule has 0 saturated heterocycles. The van der Waals surface area contributed by atoms with Crippen molar-refractivity contribution in [1.29, 1.82) is 0 Å². The predicted octanol–water partition coefficient (Wildman–Crippen LogP) is 4.86. The number of nitrogens with zero attached hydrogens (tertiary/aromatic N) is 4. The Kier molecular flexibility index (Phi) is 5.13. The summed E-state index contributed by atoms with van der Waals surface area (Å²) in [7, 11) is 0. The summed E-state index contributed by atoms with van der Waals surface area (Å²) in [4.78, 5) is 8.79. The van der Waals surface area contributed by atoms with E-state index in [1.54, 1.807) is 30.8 Å². The Labute approximate surface area is 155 Å². The smallest absolute Gasteiger partial charge is 0.239 e. The van der Waals surface area contributed by atoms with Gasteiger partial charge < -0.3 is 9.05 Å². The molecule has 1 aromatic carbocycles. The molecule has 0 bridgehead atoms. The van der Waals surface area contributed by atoms with Crippen LogP contribution < -0.4 is 0 Å². The second-order valence-electron chi connectivity index (χ2n) is 7.14. The molecule has 138 valence electrons. The van der Waals surface area contributed by atoms with Crippen LogP contribution in [0.4, 0.5) is 4.39 Å². The summed E-state index contributed by atoms with van der Waals surface area (Å²) in [6.07, 6.45) is 0. The van der Waals surface area contributed by atoms with E-state index in [9.17, 15) is 4.39 Å². The van der Waals surface area contributed by atoms with Crippen molar-refractivity contribution in [3.63, 3.8) is 0 Å². The second kappa shape index (κ2) is 7.19. The fourth-order valence-corrected chi connectivity index (χ4v) is 2.88. The summed E-state index contributed by atoms with van der Waals surface area (Å²) in [5.74, 6) is 2.35. The van der Waals surface area contributed by atoms with Crippen LogP contribution in [0.1, 0.15) is 56.1 Å². The molecule has 3 aromatic rings. The van der Waals surface area contributed by atoms with Crippen LogP contribution >= 0.6 is 11.8 Å². The number of hydrogen-bond donors (Lipinski definition) is 0. The van der Waals surface area contributed by atoms with Crippen molar-refractivity contribution < 1.29 is 13.4 Å². The number of aryl methyl sites for hydroxylation is 1. The molecule has 0 aliphatic rings. The van der Waals surface area contributed by atoms with Crippen LogP contribution in [0.25, 0.3) is 11.4 Å². The highest BCUT2D eigenvalue weighted by Crippen LogP contribution is 2.31. The number of rotatable bonds is 5. The summed E-state index contributed by atoms with van der Waals surface area (Å²) in [5.41, 5.74) is 1.02. The minimum Gasteiger partial charge on any atom is -0.338 e. The summed E-state index contributed by atoms with van der Waals surface area (Å²) >= 11 is 1.55. The third-order valence-electron chi connectivity index (χ3n) is 3.82. The second-order valence-corrected chi connectivity index (χ2v) is 8.46. The van der Waals surface area contributed by atoms with Gasteiger partial charge in [-0.05, 0) is 25.5 Å². The van der Waals surface area contributed by atoms with Gasteiger partial charge in [-0.3, -0.25) is 0 Å². The van der Waals surface area contributed by atoms with E-state index in [1.807, 2.05) is 27.7 Å². The van der Waals surface area contributed by atoms with Crippen molar-refractivity contribution in [3.8, 4) is 11.4 Å². The Morgan fingerprint density at radius 2 is 1.92 bits per heavy atom. The Balaban J connectivity index is 1.65. The van der Waals surface area contributed by atoms with Gasteiger partial charge in [0.1, 0.15) is 5.82 Å². The van der Waals surface area contributed by atoms with Crippen molar-refractivity contribution in [2.24, 2.45) is 0 Å². The quantitative estimate of drug-likeness (QED) is 0.629. The van der Waals surface area contributed by atoms with Crippen LogP contribution in [0.15, 0.2) is 27.2 Å². The highest BCUT2D eigenvalue weighted by Gasteiger charge is 2.22. The summed E-state index contributed by atoms with van der Waals surface area (Å²) in [5, 5.41) is 7.90. The lowest BCUT2D eigenvalue weighted by molar-refractivity contribution is 0.371. The van der Waals surface area contributed by atoms with E-state index in [-0.39, 0.29) is 16.5 Å². The molecule has 0 amide bonds. The van der Waals surface area contributed by atoms with Crippen molar-refractivity contribution in [3.05, 3.63) is 47.2 Å². The van der Waals surface area contributed by atoms with Gasteiger partial charge in [0.25, 0.3) is 0 Å². The zero-order valence-electron chi connectivity index (χ0n) is 15.4. The van der Waals surface area contributed by atoms with Crippen molar-refractivity contribution >= 4 is 11.8 Å². The van der Waals surface area contributed by atoms with Gasteiger partial charge in [-0.15, -0.1) is 11.8 Å². The van der Waals surface area contributed by atoms with E-state index in [2.05, 4.69) is 20.3 Å². The first kappa shape index (κ1) is 18.6. The average Bonchev–Trinajstić information content (AvgIpc) is 3.24. The zero-order valence-corrected chi connectivity index (χ0v) is 16.2. The van der Waals surface area contributed by atoms with Crippen molar-refractivity contribution in [2.75, 3.05) is 0 Å². The van der Waals surface area contributed by atoms with Gasteiger partial charge in [-0.2, -0.15) is 9.97 Å². The molecule has 0 spiro atoms. The summed E-state index contributed by atoms with van der Waals surface area (Å²) < 4.78 is 24.3. The minimum atomic E-state index is -0.290. The lowest BCUT2D eigenvalue weighted by Crippen LogP contribution is -2.13. The number of benzene rings is 1. The fraction of sp³-hybridized carbons (Fsp3) is 0.444. The molecule has 2 heterocycles. The standard InChI is InChI=1S/C18H21FN4O2S/c1-10-6-7-12(8-13(10)19)15-21-16(25-22-15)11(2)26-9-14-20-17(23-24-14)18(3,4)5/h6-8,11H,9H2,1-5H3/t11-/m0/s1. The molecule has 0 saturated carbocycles. The van der Waals surface area contributed by atoms with Crippen molar-refractivity contribution in [1.82, 2.24) is 20.3 Å². The Morgan fingerprint density at radius 3 is 2.58 bits per heavy atom. The van der Waals surface area contributed by atoms with E-state index in [0.29, 0.717) is 40.3 Å². The van der Waals surface area contributed by atoms with Gasteiger partial charge in [-0.25, -0.2) is 4.39 Å². The van der Waals surface area contributed by atoms with Gasteiger partial charge in [0.2, 0.25) is 17.6 Å². The van der Waals surface area contributed by atoms with Crippen LogP contribution in [0.3, 0.4) is 0 Å². The molecule has 0 unspecified atom stereocenters. The van der Waals surface area contributed by atoms with Crippen LogP contribution in [0.2, 0.25) is 0 Å². The topological polar surface area (TPSA) is 77.8 Å². The van der Waals surface area contributed by atoms with Crippen LogP contribution in [-0.4, -0.2) is 20.3 Å². The van der Waals surface area contributed by atoms with Crippen LogP contribution in [0, 0.1) is 12.7 Å².